The normalized spacial score (nSPS) is 18.4. The summed E-state index contributed by atoms with van der Waals surface area (Å²) < 4.78 is 31.1. The Morgan fingerprint density at radius 3 is 2.15 bits per heavy atom. The Hall–Kier alpha value is -2.03. The molecule has 0 aliphatic carbocycles. The lowest BCUT2D eigenvalue weighted by Gasteiger charge is -2.35. The summed E-state index contributed by atoms with van der Waals surface area (Å²) in [4.78, 5) is 17.7. The first-order chi connectivity index (χ1) is 15.7. The van der Waals surface area contributed by atoms with Crippen LogP contribution in [0.3, 0.4) is 0 Å². The lowest BCUT2D eigenvalue weighted by atomic mass is 10.2. The molecule has 4 rings (SSSR count). The Kier molecular flexibility index (Phi) is 7.07. The van der Waals surface area contributed by atoms with Crippen molar-refractivity contribution in [2.45, 2.75) is 44.4 Å². The Morgan fingerprint density at radius 1 is 0.909 bits per heavy atom. The van der Waals surface area contributed by atoms with Gasteiger partial charge < -0.3 is 14.4 Å². The van der Waals surface area contributed by atoms with Gasteiger partial charge in [0.2, 0.25) is 10.0 Å². The van der Waals surface area contributed by atoms with Crippen LogP contribution in [0.15, 0.2) is 29.2 Å². The number of nitrogens with zero attached hydrogens (tertiary/aromatic N) is 4. The third-order valence-electron chi connectivity index (χ3n) is 7.04. The van der Waals surface area contributed by atoms with Crippen molar-refractivity contribution >= 4 is 33.2 Å². The van der Waals surface area contributed by atoms with Crippen molar-refractivity contribution in [2.75, 3.05) is 44.2 Å². The largest absolute Gasteiger partial charge is 0.369 e. The molecule has 7 nitrogen and oxygen atoms in total. The van der Waals surface area contributed by atoms with Crippen LogP contribution < -0.4 is 4.90 Å². The van der Waals surface area contributed by atoms with E-state index in [-0.39, 0.29) is 10.8 Å². The molecule has 0 atom stereocenters. The smallest absolute Gasteiger partial charge is 0.257 e. The molecule has 0 spiro atoms. The number of hydrogen-bond acceptors (Lipinski definition) is 4. The highest BCUT2D eigenvalue weighted by molar-refractivity contribution is 7.89. The number of sulfonamides is 1. The fourth-order valence-corrected chi connectivity index (χ4v) is 6.99. The van der Waals surface area contributed by atoms with E-state index in [9.17, 15) is 13.2 Å². The Labute approximate surface area is 202 Å². The van der Waals surface area contributed by atoms with Gasteiger partial charge in [0.1, 0.15) is 4.90 Å². The van der Waals surface area contributed by atoms with Gasteiger partial charge in [0.05, 0.1) is 5.56 Å². The van der Waals surface area contributed by atoms with Crippen molar-refractivity contribution in [3.8, 4) is 0 Å². The van der Waals surface area contributed by atoms with Gasteiger partial charge in [-0.15, -0.1) is 0 Å². The van der Waals surface area contributed by atoms with Crippen LogP contribution in [0.5, 0.6) is 0 Å². The molecular formula is C24H33ClN4O3S. The highest BCUT2D eigenvalue weighted by atomic mass is 35.5. The number of rotatable bonds is 4. The Bertz CT molecular complexity index is 1130. The number of likely N-dealkylation sites (tertiary alicyclic amines) is 1. The Morgan fingerprint density at radius 2 is 1.55 bits per heavy atom. The first-order valence-electron chi connectivity index (χ1n) is 11.7. The maximum absolute atomic E-state index is 13.8. The maximum Gasteiger partial charge on any atom is 0.257 e. The van der Waals surface area contributed by atoms with E-state index in [4.69, 9.17) is 11.6 Å². The van der Waals surface area contributed by atoms with Crippen molar-refractivity contribution in [1.29, 1.82) is 0 Å². The third kappa shape index (κ3) is 4.66. The molecule has 3 heterocycles. The molecule has 0 radical (unpaired) electrons. The van der Waals surface area contributed by atoms with Crippen molar-refractivity contribution in [1.82, 2.24) is 13.8 Å². The van der Waals surface area contributed by atoms with Crippen LogP contribution in [0.25, 0.3) is 0 Å². The zero-order valence-corrected chi connectivity index (χ0v) is 21.3. The zero-order valence-electron chi connectivity index (χ0n) is 19.7. The van der Waals surface area contributed by atoms with Crippen LogP contribution in [0.1, 0.15) is 47.4 Å². The van der Waals surface area contributed by atoms with Crippen LogP contribution in [0, 0.1) is 13.8 Å². The average Bonchev–Trinajstić information content (AvgIpc) is 3.00. The fourth-order valence-electron chi connectivity index (χ4n) is 4.90. The number of aromatic nitrogens is 1. The number of amides is 1. The fraction of sp³-hybridized carbons (Fsp3) is 0.542. The van der Waals surface area contributed by atoms with Crippen molar-refractivity contribution in [2.24, 2.45) is 7.05 Å². The number of carbonyl (C=O) groups is 1. The van der Waals surface area contributed by atoms with Crippen LogP contribution in [-0.2, 0) is 17.1 Å². The molecule has 180 valence electrons. The molecule has 1 aromatic carbocycles. The summed E-state index contributed by atoms with van der Waals surface area (Å²) in [6.07, 6.45) is 4.14. The average molecular weight is 493 g/mol. The molecule has 0 bridgehead atoms. The predicted molar refractivity (Wildman–Crippen MR) is 132 cm³/mol. The molecule has 1 aromatic heterocycles. The summed E-state index contributed by atoms with van der Waals surface area (Å²) in [5, 5.41) is 0.662. The van der Waals surface area contributed by atoms with Gasteiger partial charge in [-0.05, 0) is 44.9 Å². The summed E-state index contributed by atoms with van der Waals surface area (Å²) in [5.41, 5.74) is 2.65. The van der Waals surface area contributed by atoms with E-state index < -0.39 is 10.0 Å². The number of anilines is 1. The predicted octanol–water partition coefficient (Wildman–Crippen LogP) is 3.82. The standard InChI is InChI=1S/C24H33ClN4O3S/c1-18-22(24(30)28-11-6-4-5-7-12-28)23(19(2)26(18)3)33(31,32)29-15-13-27(14-16-29)21-10-8-9-20(25)17-21/h8-10,17H,4-7,11-16H2,1-3H3. The number of benzene rings is 1. The third-order valence-corrected chi connectivity index (χ3v) is 9.34. The summed E-state index contributed by atoms with van der Waals surface area (Å²) in [7, 11) is -1.99. The van der Waals surface area contributed by atoms with Gasteiger partial charge in [-0.3, -0.25) is 4.79 Å². The van der Waals surface area contributed by atoms with Gasteiger partial charge in [0.15, 0.2) is 0 Å². The molecule has 1 amide bonds. The lowest BCUT2D eigenvalue weighted by molar-refractivity contribution is 0.0757. The van der Waals surface area contributed by atoms with E-state index in [1.165, 1.54) is 4.31 Å². The first-order valence-corrected chi connectivity index (χ1v) is 13.5. The quantitative estimate of drug-likeness (QED) is 0.650. The van der Waals surface area contributed by atoms with Gasteiger partial charge in [-0.2, -0.15) is 4.31 Å². The molecule has 2 fully saturated rings. The van der Waals surface area contributed by atoms with E-state index in [0.717, 1.165) is 31.4 Å². The Balaban J connectivity index is 1.61. The van der Waals surface area contributed by atoms with Crippen LogP contribution in [-0.4, -0.2) is 67.4 Å². The topological polar surface area (TPSA) is 65.9 Å². The summed E-state index contributed by atoms with van der Waals surface area (Å²) >= 11 is 6.13. The highest BCUT2D eigenvalue weighted by Gasteiger charge is 2.37. The molecule has 2 saturated heterocycles. The van der Waals surface area contributed by atoms with Crippen LogP contribution >= 0.6 is 11.6 Å². The van der Waals surface area contributed by atoms with Gasteiger partial charge in [-0.1, -0.05) is 30.5 Å². The summed E-state index contributed by atoms with van der Waals surface area (Å²) in [6, 6.07) is 7.61. The van der Waals surface area contributed by atoms with Gasteiger partial charge in [0, 0.05) is 68.4 Å². The number of piperazine rings is 1. The van der Waals surface area contributed by atoms with Crippen LogP contribution in [0.4, 0.5) is 5.69 Å². The first kappa shape index (κ1) is 24.1. The molecule has 2 aromatic rings. The second kappa shape index (κ2) is 9.68. The van der Waals surface area contributed by atoms with Gasteiger partial charge in [0.25, 0.3) is 5.91 Å². The molecule has 2 aliphatic heterocycles. The zero-order chi connectivity index (χ0) is 23.8. The van der Waals surface area contributed by atoms with E-state index in [0.29, 0.717) is 61.2 Å². The SMILES string of the molecule is Cc1c(C(=O)N2CCCCCC2)c(S(=O)(=O)N2CCN(c3cccc(Cl)c3)CC2)c(C)n1C. The van der Waals surface area contributed by atoms with Gasteiger partial charge in [-0.25, -0.2) is 8.42 Å². The minimum absolute atomic E-state index is 0.158. The van der Waals surface area contributed by atoms with E-state index in [2.05, 4.69) is 4.90 Å². The van der Waals surface area contributed by atoms with E-state index in [1.54, 1.807) is 6.92 Å². The molecule has 9 heteroatoms. The van der Waals surface area contributed by atoms with Gasteiger partial charge >= 0.3 is 0 Å². The summed E-state index contributed by atoms with van der Waals surface area (Å²) in [5.74, 6) is -0.158. The second-order valence-electron chi connectivity index (χ2n) is 9.01. The highest BCUT2D eigenvalue weighted by Crippen LogP contribution is 2.32. The lowest BCUT2D eigenvalue weighted by Crippen LogP contribution is -2.49. The minimum Gasteiger partial charge on any atom is -0.369 e. The monoisotopic (exact) mass is 492 g/mol. The van der Waals surface area contributed by atoms with Crippen molar-refractivity contribution in [3.63, 3.8) is 0 Å². The number of carbonyl (C=O) groups excluding carboxylic acids is 1. The summed E-state index contributed by atoms with van der Waals surface area (Å²) in [6.45, 7) is 6.86. The molecule has 33 heavy (non-hydrogen) atoms. The maximum atomic E-state index is 13.8. The van der Waals surface area contributed by atoms with E-state index in [1.807, 2.05) is 47.7 Å². The molecule has 0 saturated carbocycles. The molecule has 0 N–H and O–H groups in total. The van der Waals surface area contributed by atoms with E-state index >= 15 is 0 Å². The van der Waals surface area contributed by atoms with Crippen molar-refractivity contribution < 1.29 is 13.2 Å². The molecular weight excluding hydrogens is 460 g/mol. The van der Waals surface area contributed by atoms with Crippen LogP contribution in [0.2, 0.25) is 5.02 Å². The minimum atomic E-state index is -3.82. The molecule has 2 aliphatic rings. The van der Waals surface area contributed by atoms with Crippen molar-refractivity contribution in [3.05, 3.63) is 46.2 Å². The molecule has 0 unspecified atom stereocenters. The number of hydrogen-bond donors (Lipinski definition) is 0. The second-order valence-corrected chi connectivity index (χ2v) is 11.3. The number of halogens is 1.